The van der Waals surface area contributed by atoms with Crippen LogP contribution >= 0.6 is 0 Å². The average molecular weight is 473 g/mol. The number of carbonyl (C=O) groups is 1. The van der Waals surface area contributed by atoms with Crippen molar-refractivity contribution in [3.05, 3.63) is 83.7 Å². The molecule has 0 aliphatic carbocycles. The van der Waals surface area contributed by atoms with Gasteiger partial charge >= 0.3 is 0 Å². The predicted octanol–water partition coefficient (Wildman–Crippen LogP) is 4.69. The average Bonchev–Trinajstić information content (AvgIpc) is 3.59. The minimum Gasteiger partial charge on any atom is -0.497 e. The molecule has 0 spiro atoms. The van der Waals surface area contributed by atoms with Gasteiger partial charge in [-0.1, -0.05) is 24.3 Å². The number of ether oxygens (including phenoxy) is 2. The van der Waals surface area contributed by atoms with E-state index in [1.54, 1.807) is 26.5 Å². The smallest absolute Gasteiger partial charge is 0.271 e. The summed E-state index contributed by atoms with van der Waals surface area (Å²) in [4.78, 5) is 19.6. The number of piperidine rings is 1. The topological polar surface area (TPSA) is 93.5 Å². The molecule has 180 valence electrons. The molecule has 1 aliphatic heterocycles. The molecule has 0 radical (unpaired) electrons. The summed E-state index contributed by atoms with van der Waals surface area (Å²) in [6.45, 7) is 1.26. The van der Waals surface area contributed by atoms with Crippen LogP contribution < -0.4 is 9.47 Å². The van der Waals surface area contributed by atoms with Crippen LogP contribution in [0.5, 0.6) is 11.5 Å². The van der Waals surface area contributed by atoms with E-state index in [9.17, 15) is 4.79 Å². The van der Waals surface area contributed by atoms with E-state index in [0.717, 1.165) is 41.2 Å². The molecule has 8 heteroatoms. The van der Waals surface area contributed by atoms with Gasteiger partial charge in [0.15, 0.2) is 5.89 Å². The molecule has 3 heterocycles. The van der Waals surface area contributed by atoms with Crippen LogP contribution in [0.4, 0.5) is 0 Å². The Balaban J connectivity index is 1.25. The Labute approximate surface area is 203 Å². The molecular formula is C27H28N4O4. The lowest BCUT2D eigenvalue weighted by molar-refractivity contribution is 0.0692. The Morgan fingerprint density at radius 3 is 2.74 bits per heavy atom. The first-order valence-corrected chi connectivity index (χ1v) is 11.7. The molecule has 1 atom stereocenters. The molecule has 0 bridgehead atoms. The molecule has 2 aromatic heterocycles. The highest BCUT2D eigenvalue weighted by molar-refractivity contribution is 5.93. The summed E-state index contributed by atoms with van der Waals surface area (Å²) in [5.41, 5.74) is 3.16. The van der Waals surface area contributed by atoms with Crippen molar-refractivity contribution in [1.82, 2.24) is 20.1 Å². The number of likely N-dealkylation sites (tertiary alicyclic amines) is 1. The summed E-state index contributed by atoms with van der Waals surface area (Å²) in [5.74, 6) is 3.04. The van der Waals surface area contributed by atoms with Gasteiger partial charge in [0.2, 0.25) is 0 Å². The van der Waals surface area contributed by atoms with Crippen molar-refractivity contribution in [2.24, 2.45) is 0 Å². The third-order valence-electron chi connectivity index (χ3n) is 6.32. The minimum atomic E-state index is -0.0699. The number of hydrogen-bond donors (Lipinski definition) is 1. The van der Waals surface area contributed by atoms with Crippen molar-refractivity contribution < 1.29 is 18.7 Å². The van der Waals surface area contributed by atoms with Gasteiger partial charge in [-0.25, -0.2) is 4.98 Å². The van der Waals surface area contributed by atoms with Crippen LogP contribution in [0.25, 0.3) is 11.3 Å². The lowest BCUT2D eigenvalue weighted by Gasteiger charge is -2.30. The largest absolute Gasteiger partial charge is 0.497 e. The number of benzene rings is 2. The molecule has 5 rings (SSSR count). The van der Waals surface area contributed by atoms with Gasteiger partial charge in [-0.2, -0.15) is 5.10 Å². The van der Waals surface area contributed by atoms with Crippen LogP contribution in [-0.4, -0.2) is 53.3 Å². The fourth-order valence-electron chi connectivity index (χ4n) is 4.47. The SMILES string of the molecule is COc1cccc(Cc2cnc(C3CCCN(C(=O)c4cc(-c5cccc(OC)c5)n[nH]4)C3)o2)c1. The van der Waals surface area contributed by atoms with Gasteiger partial charge in [-0.3, -0.25) is 9.89 Å². The predicted molar refractivity (Wildman–Crippen MR) is 131 cm³/mol. The Kier molecular flexibility index (Phi) is 6.52. The van der Waals surface area contributed by atoms with E-state index in [1.165, 1.54) is 0 Å². The fourth-order valence-corrected chi connectivity index (χ4v) is 4.47. The van der Waals surface area contributed by atoms with E-state index < -0.39 is 0 Å². The lowest BCUT2D eigenvalue weighted by atomic mass is 9.97. The number of aromatic amines is 1. The first-order valence-electron chi connectivity index (χ1n) is 11.7. The molecule has 1 saturated heterocycles. The molecule has 1 fully saturated rings. The maximum Gasteiger partial charge on any atom is 0.271 e. The van der Waals surface area contributed by atoms with Crippen molar-refractivity contribution in [2.45, 2.75) is 25.2 Å². The Bertz CT molecular complexity index is 1310. The van der Waals surface area contributed by atoms with Crippen LogP contribution in [0.1, 0.15) is 46.5 Å². The normalized spacial score (nSPS) is 15.7. The molecule has 1 N–H and O–H groups in total. The Morgan fingerprint density at radius 1 is 1.11 bits per heavy atom. The highest BCUT2D eigenvalue weighted by atomic mass is 16.5. The maximum absolute atomic E-state index is 13.2. The van der Waals surface area contributed by atoms with Gasteiger partial charge in [0, 0.05) is 25.1 Å². The molecule has 1 amide bonds. The van der Waals surface area contributed by atoms with Gasteiger partial charge in [0.25, 0.3) is 5.91 Å². The molecule has 0 saturated carbocycles. The first-order chi connectivity index (χ1) is 17.1. The highest BCUT2D eigenvalue weighted by Crippen LogP contribution is 2.29. The second-order valence-corrected chi connectivity index (χ2v) is 8.68. The number of aromatic nitrogens is 3. The molecule has 4 aromatic rings. The number of methoxy groups -OCH3 is 2. The molecule has 1 unspecified atom stereocenters. The van der Waals surface area contributed by atoms with Crippen molar-refractivity contribution in [3.63, 3.8) is 0 Å². The van der Waals surface area contributed by atoms with Crippen molar-refractivity contribution in [1.29, 1.82) is 0 Å². The Hall–Kier alpha value is -4.07. The van der Waals surface area contributed by atoms with E-state index in [1.807, 2.05) is 53.4 Å². The monoisotopic (exact) mass is 472 g/mol. The zero-order valence-corrected chi connectivity index (χ0v) is 19.9. The van der Waals surface area contributed by atoms with Gasteiger partial charge < -0.3 is 18.8 Å². The number of rotatable bonds is 7. The van der Waals surface area contributed by atoms with Crippen LogP contribution in [0.3, 0.4) is 0 Å². The number of nitrogens with one attached hydrogen (secondary N) is 1. The summed E-state index contributed by atoms with van der Waals surface area (Å²) >= 11 is 0. The molecule has 1 aliphatic rings. The van der Waals surface area contributed by atoms with Gasteiger partial charge in [-0.05, 0) is 48.7 Å². The number of hydrogen-bond acceptors (Lipinski definition) is 6. The van der Waals surface area contributed by atoms with Crippen LogP contribution in [-0.2, 0) is 6.42 Å². The van der Waals surface area contributed by atoms with Crippen molar-refractivity contribution in [2.75, 3.05) is 27.3 Å². The standard InChI is InChI=1S/C27H28N4O4/c1-33-21-9-3-6-18(12-21)13-23-16-28-26(35-23)20-8-5-11-31(17-20)27(32)25-15-24(29-30-25)19-7-4-10-22(14-19)34-2/h3-4,6-7,9-10,12,14-16,20H,5,8,11,13,17H2,1-2H3,(H,29,30). The third kappa shape index (κ3) is 5.06. The zero-order chi connectivity index (χ0) is 24.2. The summed E-state index contributed by atoms with van der Waals surface area (Å²) in [7, 11) is 3.28. The fraction of sp³-hybridized carbons (Fsp3) is 0.296. The number of H-pyrrole nitrogens is 1. The summed E-state index contributed by atoms with van der Waals surface area (Å²) in [6.07, 6.45) is 4.24. The summed E-state index contributed by atoms with van der Waals surface area (Å²) in [6, 6.07) is 17.3. The Morgan fingerprint density at radius 2 is 1.91 bits per heavy atom. The summed E-state index contributed by atoms with van der Waals surface area (Å²) in [5, 5.41) is 7.25. The minimum absolute atomic E-state index is 0.0625. The zero-order valence-electron chi connectivity index (χ0n) is 19.9. The quantitative estimate of drug-likeness (QED) is 0.419. The number of amides is 1. The van der Waals surface area contributed by atoms with Crippen LogP contribution in [0, 0.1) is 0 Å². The molecular weight excluding hydrogens is 444 g/mol. The van der Waals surface area contributed by atoms with Gasteiger partial charge in [-0.15, -0.1) is 0 Å². The molecule has 8 nitrogen and oxygen atoms in total. The van der Waals surface area contributed by atoms with E-state index in [0.29, 0.717) is 36.8 Å². The van der Waals surface area contributed by atoms with Gasteiger partial charge in [0.1, 0.15) is 23.0 Å². The van der Waals surface area contributed by atoms with E-state index >= 15 is 0 Å². The third-order valence-corrected chi connectivity index (χ3v) is 6.32. The second kappa shape index (κ2) is 10.0. The van der Waals surface area contributed by atoms with Crippen LogP contribution in [0.15, 0.2) is 65.2 Å². The number of oxazole rings is 1. The van der Waals surface area contributed by atoms with Crippen LogP contribution in [0.2, 0.25) is 0 Å². The molecule has 2 aromatic carbocycles. The first kappa shape index (κ1) is 22.7. The second-order valence-electron chi connectivity index (χ2n) is 8.68. The lowest BCUT2D eigenvalue weighted by Crippen LogP contribution is -2.39. The van der Waals surface area contributed by atoms with E-state index in [-0.39, 0.29) is 11.8 Å². The summed E-state index contributed by atoms with van der Waals surface area (Å²) < 4.78 is 16.7. The van der Waals surface area contributed by atoms with Gasteiger partial charge in [0.05, 0.1) is 32.0 Å². The molecule has 35 heavy (non-hydrogen) atoms. The van der Waals surface area contributed by atoms with E-state index in [4.69, 9.17) is 13.9 Å². The van der Waals surface area contributed by atoms with Crippen molar-refractivity contribution >= 4 is 5.91 Å². The van der Waals surface area contributed by atoms with Crippen molar-refractivity contribution in [3.8, 4) is 22.8 Å². The number of nitrogens with zero attached hydrogens (tertiary/aromatic N) is 3. The maximum atomic E-state index is 13.2. The van der Waals surface area contributed by atoms with E-state index in [2.05, 4.69) is 15.2 Å². The number of carbonyl (C=O) groups excluding carboxylic acids is 1. The highest BCUT2D eigenvalue weighted by Gasteiger charge is 2.29.